The Bertz CT molecular complexity index is 1410. The molecule has 0 aromatic heterocycles. The van der Waals surface area contributed by atoms with Crippen molar-refractivity contribution in [3.63, 3.8) is 0 Å². The van der Waals surface area contributed by atoms with E-state index in [1.54, 1.807) is 32.1 Å². The van der Waals surface area contributed by atoms with E-state index in [-0.39, 0.29) is 25.8 Å². The van der Waals surface area contributed by atoms with Crippen molar-refractivity contribution < 1.29 is 37.3 Å². The van der Waals surface area contributed by atoms with Gasteiger partial charge in [-0.2, -0.15) is 0 Å². The van der Waals surface area contributed by atoms with Crippen LogP contribution >= 0.6 is 7.82 Å². The van der Waals surface area contributed by atoms with Gasteiger partial charge in [0.1, 0.15) is 25.9 Å². The predicted molar refractivity (Wildman–Crippen MR) is 223 cm³/mol. The van der Waals surface area contributed by atoms with Crippen molar-refractivity contribution in [1.82, 2.24) is 0 Å². The minimum absolute atomic E-state index is 0.0253. The first kappa shape index (κ1) is 41.8. The molecule has 18 atom stereocenters. The lowest BCUT2D eigenvalue weighted by Gasteiger charge is -2.85. The summed E-state index contributed by atoms with van der Waals surface area (Å²) in [6, 6.07) is 0. The first-order valence-electron chi connectivity index (χ1n) is 24.8. The van der Waals surface area contributed by atoms with Crippen LogP contribution in [0.15, 0.2) is 0 Å². The van der Waals surface area contributed by atoms with Gasteiger partial charge in [-0.05, 0) is 152 Å². The number of carbonyl (C=O) groups excluding carboxylic acids is 1. The number of esters is 1. The van der Waals surface area contributed by atoms with Crippen LogP contribution in [0, 0.1) is 94.7 Å². The van der Waals surface area contributed by atoms with Crippen LogP contribution in [0.1, 0.15) is 141 Å². The van der Waals surface area contributed by atoms with Crippen molar-refractivity contribution in [2.75, 3.05) is 54.1 Å². The highest BCUT2D eigenvalue weighted by atomic mass is 31.2. The number of carbonyl (C=O) groups is 1. The Morgan fingerprint density at radius 3 is 1.89 bits per heavy atom. The predicted octanol–water partition coefficient (Wildman–Crippen LogP) is 10.3. The fourth-order valence-electron chi connectivity index (χ4n) is 15.7. The van der Waals surface area contributed by atoms with Gasteiger partial charge in [0.15, 0.2) is 0 Å². The molecule has 9 saturated carbocycles. The second-order valence-corrected chi connectivity index (χ2v) is 24.0. The summed E-state index contributed by atoms with van der Waals surface area (Å²) in [5.41, 5.74) is 0. The zero-order valence-corrected chi connectivity index (χ0v) is 37.1. The molecule has 324 valence electrons. The van der Waals surface area contributed by atoms with Crippen LogP contribution in [0.3, 0.4) is 0 Å². The van der Waals surface area contributed by atoms with Gasteiger partial charge in [-0.3, -0.25) is 13.8 Å². The molecule has 9 rings (SSSR count). The fraction of sp³-hybridized carbons (Fsp3) is 0.979. The third-order valence-electron chi connectivity index (χ3n) is 18.8. The second-order valence-electron chi connectivity index (χ2n) is 22.5. The lowest BCUT2D eigenvalue weighted by Crippen LogP contribution is -2.80. The fourth-order valence-corrected chi connectivity index (χ4v) is 16.4. The molecule has 0 amide bonds. The Morgan fingerprint density at radius 2 is 1.18 bits per heavy atom. The number of phosphoric acid groups is 1. The number of quaternary nitrogens is 1. The molecule has 9 aliphatic rings. The number of hydrogen-bond donors (Lipinski definition) is 1. The van der Waals surface area contributed by atoms with Crippen LogP contribution < -0.4 is 0 Å². The summed E-state index contributed by atoms with van der Waals surface area (Å²) in [5.74, 6) is 17.9. The largest absolute Gasteiger partial charge is 0.472 e. The Hall–Kier alpha value is -0.500. The minimum atomic E-state index is -4.24. The molecule has 57 heavy (non-hydrogen) atoms. The summed E-state index contributed by atoms with van der Waals surface area (Å²) < 4.78 is 35.5. The molecule has 0 aromatic carbocycles. The van der Waals surface area contributed by atoms with E-state index in [1.165, 1.54) is 101 Å². The lowest BCUT2D eigenvalue weighted by atomic mass is 9.20. The van der Waals surface area contributed by atoms with Gasteiger partial charge in [0.05, 0.1) is 27.7 Å². The van der Waals surface area contributed by atoms with Crippen molar-refractivity contribution >= 4 is 13.8 Å². The summed E-state index contributed by atoms with van der Waals surface area (Å²) in [7, 11) is 1.77. The van der Waals surface area contributed by atoms with Gasteiger partial charge >= 0.3 is 13.8 Å². The number of rotatable bonds is 27. The number of hydrogen-bond acceptors (Lipinski definition) is 6. The Balaban J connectivity index is 0.603. The highest BCUT2D eigenvalue weighted by molar-refractivity contribution is 7.47. The molecule has 9 fully saturated rings. The molecular weight excluding hydrogens is 734 g/mol. The average molecular weight is 815 g/mol. The van der Waals surface area contributed by atoms with Gasteiger partial charge in [-0.1, -0.05) is 77.0 Å². The van der Waals surface area contributed by atoms with E-state index in [9.17, 15) is 14.3 Å². The highest BCUT2D eigenvalue weighted by Gasteiger charge is 2.79. The molecule has 1 N–H and O–H groups in total. The monoisotopic (exact) mass is 815 g/mol. The highest BCUT2D eigenvalue weighted by Crippen LogP contribution is 2.84. The lowest BCUT2D eigenvalue weighted by molar-refractivity contribution is -0.870. The maximum atomic E-state index is 12.7. The standard InChI is InChI=1S/C48H80NO7P/c1-49(2,3)24-26-55-57(51,52)56-30-33(53-25-14-10-5-4-7-11-15-31-18-19-38-39(27-31)44-35-21-20-34(35)43(38)44)29-54-41(50)17-13-9-6-8-12-16-32-28-40-42(32)48-46-37-23-22-36(37)45(46)47(40)48/h31-40,42-48H,4-30H2,1-3H3/p+1/t31-,32-,33-,34-,35+,36-,37+,38+,39-,40-,42-,43-,44+,45+,46-,47-,48-/m1/s1. The molecular formula is C48H81NO7P+. The molecule has 0 aliphatic heterocycles. The molecule has 1 unspecified atom stereocenters. The Labute approximate surface area is 346 Å². The molecule has 0 radical (unpaired) electrons. The Kier molecular flexibility index (Phi) is 13.0. The minimum Gasteiger partial charge on any atom is -0.463 e. The van der Waals surface area contributed by atoms with Gasteiger partial charge in [0, 0.05) is 13.0 Å². The van der Waals surface area contributed by atoms with Gasteiger partial charge in [0.2, 0.25) is 0 Å². The van der Waals surface area contributed by atoms with Crippen LogP contribution in [0.4, 0.5) is 0 Å². The molecule has 0 saturated heterocycles. The Morgan fingerprint density at radius 1 is 0.596 bits per heavy atom. The summed E-state index contributed by atoms with van der Waals surface area (Å²) in [4.78, 5) is 23.0. The van der Waals surface area contributed by atoms with E-state index in [0.29, 0.717) is 24.1 Å². The van der Waals surface area contributed by atoms with Gasteiger partial charge in [-0.25, -0.2) is 4.57 Å². The number of phosphoric ester groups is 1. The summed E-state index contributed by atoms with van der Waals surface area (Å²) >= 11 is 0. The van der Waals surface area contributed by atoms with E-state index in [1.807, 2.05) is 21.1 Å². The van der Waals surface area contributed by atoms with E-state index in [0.717, 1.165) is 96.7 Å². The van der Waals surface area contributed by atoms with Crippen LogP contribution in [-0.4, -0.2) is 75.6 Å². The number of fused-ring (bicyclic) bond motifs is 17. The van der Waals surface area contributed by atoms with Crippen molar-refractivity contribution in [3.05, 3.63) is 0 Å². The molecule has 9 aliphatic carbocycles. The molecule has 0 spiro atoms. The summed E-state index contributed by atoms with van der Waals surface area (Å²) in [5, 5.41) is 0. The number of nitrogens with zero attached hydrogens (tertiary/aromatic N) is 1. The maximum absolute atomic E-state index is 12.7. The van der Waals surface area contributed by atoms with Crippen LogP contribution in [0.5, 0.6) is 0 Å². The van der Waals surface area contributed by atoms with Crippen molar-refractivity contribution in [2.24, 2.45) is 94.7 Å². The van der Waals surface area contributed by atoms with Crippen molar-refractivity contribution in [3.8, 4) is 0 Å². The smallest absolute Gasteiger partial charge is 0.463 e. The molecule has 0 bridgehead atoms. The van der Waals surface area contributed by atoms with E-state index in [4.69, 9.17) is 18.5 Å². The molecule has 9 heteroatoms. The second kappa shape index (κ2) is 17.7. The molecule has 8 nitrogen and oxygen atoms in total. The van der Waals surface area contributed by atoms with Gasteiger partial charge < -0.3 is 18.9 Å². The quantitative estimate of drug-likeness (QED) is 0.0290. The third kappa shape index (κ3) is 8.65. The topological polar surface area (TPSA) is 91.3 Å². The van der Waals surface area contributed by atoms with Crippen LogP contribution in [-0.2, 0) is 27.9 Å². The maximum Gasteiger partial charge on any atom is 0.472 e. The van der Waals surface area contributed by atoms with E-state index >= 15 is 0 Å². The van der Waals surface area contributed by atoms with Crippen molar-refractivity contribution in [1.29, 1.82) is 0 Å². The van der Waals surface area contributed by atoms with Gasteiger partial charge in [0.25, 0.3) is 0 Å². The summed E-state index contributed by atoms with van der Waals surface area (Å²) in [6.07, 6.45) is 27.9. The molecule has 0 heterocycles. The number of likely N-dealkylation sites (N-methyl/N-ethyl adjacent to an activating group) is 1. The SMILES string of the molecule is C[N+](C)(C)CCOP(=O)(O)OC[C@@H](COC(=O)CCCCCCC[C@@H]1C[C@H]2[C@@H]3[C@H]4[C@@H]5CC[C@@H]5[C@H]4[C@H]3[C@H]12)OCCCCCCCC[C@@H]1CC[C@H]2[C@@H](C1)[C@@H]1[C@H]3CC[C@H]3[C@H]21. The number of ether oxygens (including phenoxy) is 2. The zero-order chi connectivity index (χ0) is 39.3. The number of unbranched alkanes of at least 4 members (excludes halogenated alkanes) is 9. The van der Waals surface area contributed by atoms with Crippen molar-refractivity contribution in [2.45, 2.75) is 147 Å². The average Bonchev–Trinajstić information content (AvgIpc) is 3.13. The van der Waals surface area contributed by atoms with E-state index in [2.05, 4.69) is 0 Å². The zero-order valence-electron chi connectivity index (χ0n) is 36.2. The first-order chi connectivity index (χ1) is 27.6. The normalized spacial score (nSPS) is 42.5. The van der Waals surface area contributed by atoms with Gasteiger partial charge in [-0.15, -0.1) is 0 Å². The third-order valence-corrected chi connectivity index (χ3v) is 19.7. The van der Waals surface area contributed by atoms with E-state index < -0.39 is 13.9 Å². The summed E-state index contributed by atoms with van der Waals surface area (Å²) in [6.45, 7) is 1.09. The first-order valence-corrected chi connectivity index (χ1v) is 26.3. The molecule has 0 aromatic rings. The van der Waals surface area contributed by atoms with Crippen LogP contribution in [0.2, 0.25) is 0 Å². The van der Waals surface area contributed by atoms with Crippen LogP contribution in [0.25, 0.3) is 0 Å².